The second kappa shape index (κ2) is 10.3. The highest BCUT2D eigenvalue weighted by molar-refractivity contribution is 7.13. The minimum Gasteiger partial charge on any atom is -0.338 e. The third kappa shape index (κ3) is 5.07. The Balaban J connectivity index is 0.00000140. The van der Waals surface area contributed by atoms with Gasteiger partial charge in [-0.25, -0.2) is 0 Å². The van der Waals surface area contributed by atoms with Gasteiger partial charge in [0.2, 0.25) is 17.6 Å². The molecule has 28 heavy (non-hydrogen) atoms. The number of rotatable bonds is 6. The topological polar surface area (TPSA) is 110 Å². The van der Waals surface area contributed by atoms with Gasteiger partial charge < -0.3 is 14.8 Å². The van der Waals surface area contributed by atoms with Crippen molar-refractivity contribution in [1.29, 1.82) is 0 Å². The summed E-state index contributed by atoms with van der Waals surface area (Å²) in [6.07, 6.45) is 0. The summed E-state index contributed by atoms with van der Waals surface area (Å²) < 4.78 is 10.5. The van der Waals surface area contributed by atoms with Crippen molar-refractivity contribution in [3.63, 3.8) is 0 Å². The van der Waals surface area contributed by atoms with Gasteiger partial charge in [-0.2, -0.15) is 9.97 Å². The van der Waals surface area contributed by atoms with Crippen molar-refractivity contribution in [3.8, 4) is 10.7 Å². The molecule has 0 bridgehead atoms. The van der Waals surface area contributed by atoms with Crippen molar-refractivity contribution < 1.29 is 9.05 Å². The first-order chi connectivity index (χ1) is 12.7. The van der Waals surface area contributed by atoms with E-state index in [0.29, 0.717) is 30.0 Å². The third-order valence-electron chi connectivity index (χ3n) is 4.55. The Hall–Kier alpha value is -1.56. The van der Waals surface area contributed by atoms with E-state index in [9.17, 15) is 0 Å². The zero-order valence-corrected chi connectivity index (χ0v) is 17.8. The molecule has 154 valence electrons. The number of nitrogens with zero attached hydrogens (tertiary/aromatic N) is 6. The van der Waals surface area contributed by atoms with Crippen LogP contribution >= 0.6 is 36.2 Å². The van der Waals surface area contributed by atoms with E-state index >= 15 is 0 Å². The van der Waals surface area contributed by atoms with Gasteiger partial charge in [0, 0.05) is 26.2 Å². The molecule has 1 fully saturated rings. The summed E-state index contributed by atoms with van der Waals surface area (Å²) in [7, 11) is 0. The lowest BCUT2D eigenvalue weighted by Gasteiger charge is -2.36. The van der Waals surface area contributed by atoms with Gasteiger partial charge in [0.1, 0.15) is 0 Å². The molecule has 0 spiro atoms. The highest BCUT2D eigenvalue weighted by Gasteiger charge is 2.26. The van der Waals surface area contributed by atoms with E-state index in [0.717, 1.165) is 31.1 Å². The fraction of sp³-hybridized carbons (Fsp3) is 0.500. The van der Waals surface area contributed by atoms with Gasteiger partial charge in [0.25, 0.3) is 0 Å². The minimum atomic E-state index is 0. The Morgan fingerprint density at radius 1 is 1.14 bits per heavy atom. The summed E-state index contributed by atoms with van der Waals surface area (Å²) in [4.78, 5) is 14.5. The maximum absolute atomic E-state index is 5.50. The molecule has 1 aliphatic heterocycles. The van der Waals surface area contributed by atoms with Crippen LogP contribution in [0.1, 0.15) is 30.6 Å². The molecule has 0 amide bonds. The maximum Gasteiger partial charge on any atom is 0.244 e. The van der Waals surface area contributed by atoms with E-state index in [4.69, 9.17) is 14.8 Å². The Morgan fingerprint density at radius 3 is 2.57 bits per heavy atom. The summed E-state index contributed by atoms with van der Waals surface area (Å²) in [5.41, 5.74) is 5.50. The molecule has 3 aromatic rings. The van der Waals surface area contributed by atoms with Crippen LogP contribution in [0, 0.1) is 0 Å². The van der Waals surface area contributed by atoms with Crippen LogP contribution < -0.4 is 5.73 Å². The van der Waals surface area contributed by atoms with Crippen LogP contribution in [-0.2, 0) is 13.1 Å². The van der Waals surface area contributed by atoms with Crippen LogP contribution in [-0.4, -0.2) is 56.3 Å². The number of hydrogen-bond donors (Lipinski definition) is 1. The summed E-state index contributed by atoms with van der Waals surface area (Å²) >= 11 is 1.61. The highest BCUT2D eigenvalue weighted by atomic mass is 35.5. The first-order valence-electron chi connectivity index (χ1n) is 8.58. The van der Waals surface area contributed by atoms with Crippen LogP contribution in [0.25, 0.3) is 10.7 Å². The van der Waals surface area contributed by atoms with E-state index in [1.165, 1.54) is 0 Å². The number of thiophene rings is 1. The molecule has 1 atom stereocenters. The van der Waals surface area contributed by atoms with Crippen molar-refractivity contribution >= 4 is 36.2 Å². The summed E-state index contributed by atoms with van der Waals surface area (Å²) in [5.74, 6) is 2.48. The predicted octanol–water partition coefficient (Wildman–Crippen LogP) is 2.36. The SMILES string of the molecule is CC(c1nc(-c2cccs2)no1)N1CCN(Cc2noc(CN)n2)CC1.Cl.Cl. The molecule has 1 saturated heterocycles. The Morgan fingerprint density at radius 2 is 1.93 bits per heavy atom. The van der Waals surface area contributed by atoms with Crippen molar-refractivity contribution in [2.75, 3.05) is 26.2 Å². The number of aromatic nitrogens is 4. The van der Waals surface area contributed by atoms with Gasteiger partial charge in [-0.1, -0.05) is 16.4 Å². The Labute approximate surface area is 179 Å². The molecule has 1 unspecified atom stereocenters. The molecule has 0 aromatic carbocycles. The van der Waals surface area contributed by atoms with E-state index in [1.807, 2.05) is 17.5 Å². The minimum absolute atomic E-state index is 0. The number of halogens is 2. The molecule has 0 aliphatic carbocycles. The molecule has 4 rings (SSSR count). The van der Waals surface area contributed by atoms with Crippen LogP contribution in [0.5, 0.6) is 0 Å². The van der Waals surface area contributed by atoms with Crippen LogP contribution in [0.2, 0.25) is 0 Å². The van der Waals surface area contributed by atoms with Crippen molar-refractivity contribution in [1.82, 2.24) is 30.1 Å². The van der Waals surface area contributed by atoms with Gasteiger partial charge in [-0.15, -0.1) is 36.2 Å². The molecule has 2 N–H and O–H groups in total. The molecule has 0 radical (unpaired) electrons. The highest BCUT2D eigenvalue weighted by Crippen LogP contribution is 2.26. The smallest absolute Gasteiger partial charge is 0.244 e. The van der Waals surface area contributed by atoms with Crippen molar-refractivity contribution in [2.45, 2.75) is 26.1 Å². The number of hydrogen-bond acceptors (Lipinski definition) is 10. The monoisotopic (exact) mass is 447 g/mol. The summed E-state index contributed by atoms with van der Waals surface area (Å²) in [6, 6.07) is 4.07. The predicted molar refractivity (Wildman–Crippen MR) is 110 cm³/mol. The first kappa shape index (κ1) is 22.7. The molecule has 1 aliphatic rings. The zero-order chi connectivity index (χ0) is 17.9. The Kier molecular flexibility index (Phi) is 8.35. The van der Waals surface area contributed by atoms with E-state index in [1.54, 1.807) is 11.3 Å². The fourth-order valence-electron chi connectivity index (χ4n) is 3.01. The molecule has 0 saturated carbocycles. The van der Waals surface area contributed by atoms with E-state index in [2.05, 4.69) is 37.0 Å². The molecular formula is C16H23Cl2N7O2S. The molecule has 4 heterocycles. The summed E-state index contributed by atoms with van der Waals surface area (Å²) in [5, 5.41) is 10.1. The van der Waals surface area contributed by atoms with Crippen molar-refractivity contribution in [3.05, 3.63) is 35.1 Å². The molecule has 9 nitrogen and oxygen atoms in total. The van der Waals surface area contributed by atoms with Crippen LogP contribution in [0.3, 0.4) is 0 Å². The van der Waals surface area contributed by atoms with Gasteiger partial charge in [0.15, 0.2) is 5.82 Å². The maximum atomic E-state index is 5.50. The van der Waals surface area contributed by atoms with Gasteiger partial charge in [0.05, 0.1) is 24.0 Å². The Bertz CT molecular complexity index is 834. The lowest BCUT2D eigenvalue weighted by molar-refractivity contribution is 0.0827. The molecule has 12 heteroatoms. The largest absolute Gasteiger partial charge is 0.338 e. The van der Waals surface area contributed by atoms with Gasteiger partial charge in [-0.3, -0.25) is 9.80 Å². The van der Waals surface area contributed by atoms with E-state index in [-0.39, 0.29) is 37.4 Å². The lowest BCUT2D eigenvalue weighted by atomic mass is 10.2. The van der Waals surface area contributed by atoms with Gasteiger partial charge in [-0.05, 0) is 18.4 Å². The number of nitrogens with two attached hydrogens (primary N) is 1. The number of piperazine rings is 1. The average Bonchev–Trinajstić information content (AvgIpc) is 3.42. The second-order valence-electron chi connectivity index (χ2n) is 6.23. The normalized spacial score (nSPS) is 16.4. The molecule has 3 aromatic heterocycles. The fourth-order valence-corrected chi connectivity index (χ4v) is 3.66. The average molecular weight is 448 g/mol. The zero-order valence-electron chi connectivity index (χ0n) is 15.4. The third-order valence-corrected chi connectivity index (χ3v) is 5.41. The second-order valence-corrected chi connectivity index (χ2v) is 7.18. The van der Waals surface area contributed by atoms with Crippen molar-refractivity contribution in [2.24, 2.45) is 5.73 Å². The quantitative estimate of drug-likeness (QED) is 0.608. The van der Waals surface area contributed by atoms with Gasteiger partial charge >= 0.3 is 0 Å². The van der Waals surface area contributed by atoms with Crippen LogP contribution in [0.4, 0.5) is 0 Å². The summed E-state index contributed by atoms with van der Waals surface area (Å²) in [6.45, 7) is 6.73. The first-order valence-corrected chi connectivity index (χ1v) is 9.46. The lowest BCUT2D eigenvalue weighted by Crippen LogP contribution is -2.46. The standard InChI is InChI=1S/C16H21N7O2S.2ClH/c1-11(16-19-15(21-25-16)12-3-2-8-26-12)23-6-4-22(5-7-23)10-13-18-14(9-17)24-20-13;;/h2-3,8,11H,4-7,9-10,17H2,1H3;2*1H. The molecular weight excluding hydrogens is 425 g/mol. The van der Waals surface area contributed by atoms with E-state index < -0.39 is 0 Å². The van der Waals surface area contributed by atoms with Crippen LogP contribution in [0.15, 0.2) is 26.6 Å².